The molecule has 1 aromatic rings. The van der Waals surface area contributed by atoms with Crippen molar-refractivity contribution in [2.24, 2.45) is 5.41 Å². The molecule has 0 saturated heterocycles. The largest absolute Gasteiger partial charge is 0.444 e. The molecule has 1 fully saturated rings. The number of alkyl carbamates (subject to hydrolysis) is 1. The van der Waals surface area contributed by atoms with Crippen molar-refractivity contribution >= 4 is 23.9 Å². The fourth-order valence-electron chi connectivity index (χ4n) is 3.80. The number of hydrogen-bond donors (Lipinski definition) is 1. The summed E-state index contributed by atoms with van der Waals surface area (Å²) in [5, 5.41) is 3.11. The quantitative estimate of drug-likeness (QED) is 0.779. The molecule has 1 atom stereocenters. The van der Waals surface area contributed by atoms with Crippen molar-refractivity contribution in [1.82, 2.24) is 10.4 Å². The van der Waals surface area contributed by atoms with E-state index in [9.17, 15) is 19.2 Å². The van der Waals surface area contributed by atoms with Gasteiger partial charge in [0, 0.05) is 0 Å². The van der Waals surface area contributed by atoms with E-state index in [-0.39, 0.29) is 16.5 Å². The van der Waals surface area contributed by atoms with Gasteiger partial charge in [-0.15, -0.1) is 0 Å². The summed E-state index contributed by atoms with van der Waals surface area (Å²) in [7, 11) is 0. The topological polar surface area (TPSA) is 102 Å². The Labute approximate surface area is 169 Å². The number of nitrogens with one attached hydrogen (secondary N) is 1. The van der Waals surface area contributed by atoms with Gasteiger partial charge in [0.25, 0.3) is 11.8 Å². The van der Waals surface area contributed by atoms with Gasteiger partial charge in [0.2, 0.25) is 0 Å². The molecule has 156 valence electrons. The van der Waals surface area contributed by atoms with Crippen molar-refractivity contribution in [3.05, 3.63) is 35.4 Å². The predicted molar refractivity (Wildman–Crippen MR) is 103 cm³/mol. The molecule has 8 nitrogen and oxygen atoms in total. The van der Waals surface area contributed by atoms with Crippen molar-refractivity contribution in [3.63, 3.8) is 0 Å². The Hall–Kier alpha value is -2.90. The average molecular weight is 402 g/mol. The van der Waals surface area contributed by atoms with Crippen LogP contribution >= 0.6 is 0 Å². The van der Waals surface area contributed by atoms with Crippen molar-refractivity contribution in [2.45, 2.75) is 65.0 Å². The smallest absolute Gasteiger partial charge is 0.408 e. The van der Waals surface area contributed by atoms with Gasteiger partial charge in [0.1, 0.15) is 11.1 Å². The Bertz CT molecular complexity index is 850. The van der Waals surface area contributed by atoms with Crippen LogP contribution in [0.25, 0.3) is 0 Å². The van der Waals surface area contributed by atoms with Gasteiger partial charge in [-0.1, -0.05) is 31.0 Å². The maximum Gasteiger partial charge on any atom is 0.408 e. The predicted octanol–water partition coefficient (Wildman–Crippen LogP) is 3.21. The van der Waals surface area contributed by atoms with E-state index in [4.69, 9.17) is 9.57 Å². The van der Waals surface area contributed by atoms with E-state index in [1.807, 2.05) is 13.8 Å². The van der Waals surface area contributed by atoms with Crippen molar-refractivity contribution in [3.8, 4) is 0 Å². The monoisotopic (exact) mass is 402 g/mol. The lowest BCUT2D eigenvalue weighted by Gasteiger charge is -2.31. The number of carbonyl (C=O) groups is 4. The zero-order valence-corrected chi connectivity index (χ0v) is 17.3. The second-order valence-electron chi connectivity index (χ2n) is 9.38. The van der Waals surface area contributed by atoms with E-state index < -0.39 is 35.0 Å². The number of benzene rings is 1. The summed E-state index contributed by atoms with van der Waals surface area (Å²) >= 11 is 0. The second kappa shape index (κ2) is 6.86. The molecule has 29 heavy (non-hydrogen) atoms. The zero-order chi connectivity index (χ0) is 21.6. The van der Waals surface area contributed by atoms with Gasteiger partial charge in [-0.25, -0.2) is 9.59 Å². The van der Waals surface area contributed by atoms with Crippen molar-refractivity contribution in [2.75, 3.05) is 0 Å². The lowest BCUT2D eigenvalue weighted by atomic mass is 9.88. The highest BCUT2D eigenvalue weighted by Gasteiger charge is 2.53. The number of imide groups is 1. The summed E-state index contributed by atoms with van der Waals surface area (Å²) in [6.07, 6.45) is 0.497. The first kappa shape index (κ1) is 20.8. The van der Waals surface area contributed by atoms with E-state index in [0.717, 1.165) is 0 Å². The van der Waals surface area contributed by atoms with Crippen LogP contribution in [-0.2, 0) is 14.4 Å². The van der Waals surface area contributed by atoms with Crippen molar-refractivity contribution < 1.29 is 28.8 Å². The Balaban J connectivity index is 1.82. The van der Waals surface area contributed by atoms with Gasteiger partial charge in [0.05, 0.1) is 11.1 Å². The van der Waals surface area contributed by atoms with E-state index in [1.54, 1.807) is 32.9 Å². The molecule has 3 rings (SSSR count). The van der Waals surface area contributed by atoms with E-state index in [1.165, 1.54) is 12.1 Å². The minimum atomic E-state index is -1.39. The standard InChI is InChI=1S/C21H26N2O6/c1-19(2,3)28-18(27)22-21(11-10-20(4,5)12-21)17(26)29-23-15(24)13-8-6-7-9-14(13)16(23)25/h6-9H,10-12H2,1-5H3,(H,22,27). The van der Waals surface area contributed by atoms with Crippen LogP contribution in [0.4, 0.5) is 4.79 Å². The zero-order valence-electron chi connectivity index (χ0n) is 17.3. The Morgan fingerprint density at radius 3 is 2.03 bits per heavy atom. The van der Waals surface area contributed by atoms with E-state index >= 15 is 0 Å². The van der Waals surface area contributed by atoms with Crippen LogP contribution in [0.5, 0.6) is 0 Å². The van der Waals surface area contributed by atoms with Gasteiger partial charge in [-0.05, 0) is 57.6 Å². The third kappa shape index (κ3) is 4.11. The van der Waals surface area contributed by atoms with Crippen LogP contribution in [-0.4, -0.2) is 40.1 Å². The van der Waals surface area contributed by atoms with Gasteiger partial charge in [0.15, 0.2) is 0 Å². The van der Waals surface area contributed by atoms with Crippen LogP contribution in [0, 0.1) is 5.41 Å². The summed E-state index contributed by atoms with van der Waals surface area (Å²) in [4.78, 5) is 55.8. The van der Waals surface area contributed by atoms with Gasteiger partial charge < -0.3 is 14.9 Å². The van der Waals surface area contributed by atoms with Crippen LogP contribution in [0.2, 0.25) is 0 Å². The fourth-order valence-corrected chi connectivity index (χ4v) is 3.80. The molecule has 1 N–H and O–H groups in total. The molecule has 8 heteroatoms. The number of carbonyl (C=O) groups excluding carboxylic acids is 4. The number of fused-ring (bicyclic) bond motifs is 1. The Morgan fingerprint density at radius 2 is 1.59 bits per heavy atom. The third-order valence-corrected chi connectivity index (χ3v) is 5.07. The van der Waals surface area contributed by atoms with Crippen LogP contribution in [0.3, 0.4) is 0 Å². The minimum absolute atomic E-state index is 0.172. The summed E-state index contributed by atoms with van der Waals surface area (Å²) in [6.45, 7) is 9.10. The molecular weight excluding hydrogens is 376 g/mol. The third-order valence-electron chi connectivity index (χ3n) is 5.07. The molecule has 0 spiro atoms. The van der Waals surface area contributed by atoms with Gasteiger partial charge in [-0.3, -0.25) is 9.59 Å². The normalized spacial score (nSPS) is 23.0. The Kier molecular flexibility index (Phi) is 4.93. The molecule has 0 aromatic heterocycles. The van der Waals surface area contributed by atoms with Gasteiger partial charge in [-0.2, -0.15) is 0 Å². The lowest BCUT2D eigenvalue weighted by Crippen LogP contribution is -2.56. The summed E-state index contributed by atoms with van der Waals surface area (Å²) in [6, 6.07) is 6.24. The first-order chi connectivity index (χ1) is 13.3. The highest BCUT2D eigenvalue weighted by Crippen LogP contribution is 2.44. The molecule has 3 amide bonds. The van der Waals surface area contributed by atoms with Crippen LogP contribution in [0.1, 0.15) is 74.6 Å². The van der Waals surface area contributed by atoms with E-state index in [2.05, 4.69) is 5.32 Å². The highest BCUT2D eigenvalue weighted by molar-refractivity contribution is 6.21. The number of hydroxylamine groups is 2. The number of ether oxygens (including phenoxy) is 1. The summed E-state index contributed by atoms with van der Waals surface area (Å²) < 4.78 is 5.30. The lowest BCUT2D eigenvalue weighted by molar-refractivity contribution is -0.177. The van der Waals surface area contributed by atoms with Gasteiger partial charge >= 0.3 is 12.1 Å². The molecule has 1 aliphatic carbocycles. The molecule has 1 heterocycles. The van der Waals surface area contributed by atoms with Crippen LogP contribution < -0.4 is 5.32 Å². The fraction of sp³-hybridized carbons (Fsp3) is 0.524. The highest BCUT2D eigenvalue weighted by atomic mass is 16.7. The SMILES string of the molecule is CC1(C)CCC(NC(=O)OC(C)(C)C)(C(=O)ON2C(=O)c3ccccc3C2=O)C1. The van der Waals surface area contributed by atoms with Crippen LogP contribution in [0.15, 0.2) is 24.3 Å². The van der Waals surface area contributed by atoms with E-state index in [0.29, 0.717) is 24.3 Å². The number of amides is 3. The number of rotatable bonds is 3. The summed E-state index contributed by atoms with van der Waals surface area (Å²) in [5.41, 5.74) is -2.03. The Morgan fingerprint density at radius 1 is 1.03 bits per heavy atom. The molecule has 1 saturated carbocycles. The molecular formula is C21H26N2O6. The molecule has 1 aliphatic heterocycles. The summed E-state index contributed by atoms with van der Waals surface area (Å²) in [5.74, 6) is -2.27. The first-order valence-corrected chi connectivity index (χ1v) is 9.55. The molecule has 0 bridgehead atoms. The molecule has 0 radical (unpaired) electrons. The minimum Gasteiger partial charge on any atom is -0.444 e. The molecule has 2 aliphatic rings. The maximum absolute atomic E-state index is 13.1. The second-order valence-corrected chi connectivity index (χ2v) is 9.38. The first-order valence-electron chi connectivity index (χ1n) is 9.55. The average Bonchev–Trinajstić information content (AvgIpc) is 3.03. The number of hydrogen-bond acceptors (Lipinski definition) is 6. The maximum atomic E-state index is 13.1. The molecule has 1 aromatic carbocycles. The molecule has 1 unspecified atom stereocenters. The van der Waals surface area contributed by atoms with Crippen molar-refractivity contribution in [1.29, 1.82) is 0 Å². The number of nitrogens with zero attached hydrogens (tertiary/aromatic N) is 1.